The number of rotatable bonds is 3. The smallest absolute Gasteiger partial charge is 0.124 e. The summed E-state index contributed by atoms with van der Waals surface area (Å²) in [4.78, 5) is 0. The van der Waals surface area contributed by atoms with Gasteiger partial charge in [-0.05, 0) is 63.0 Å². The molecule has 2 aromatic carbocycles. The fraction of sp³-hybridized carbons (Fsp3) is 0.143. The van der Waals surface area contributed by atoms with E-state index in [1.54, 1.807) is 12.1 Å². The van der Waals surface area contributed by atoms with Crippen LogP contribution in [0.15, 0.2) is 43.7 Å². The topological polar surface area (TPSA) is 52.5 Å². The average Bonchev–Trinajstić information content (AvgIpc) is 2.33. The van der Waals surface area contributed by atoms with Crippen LogP contribution in [0.2, 0.25) is 0 Å². The lowest BCUT2D eigenvalue weighted by molar-refractivity contribution is 0.444. The Labute approximate surface area is 142 Å². The molecular formula is C14H12Br3NO2. The maximum absolute atomic E-state index is 9.89. The molecule has 2 rings (SSSR count). The highest BCUT2D eigenvalue weighted by Crippen LogP contribution is 2.38. The molecule has 3 N–H and O–H groups in total. The summed E-state index contributed by atoms with van der Waals surface area (Å²) in [5, 5.41) is 22.5. The number of nitrogens with one attached hydrogen (secondary N) is 1. The van der Waals surface area contributed by atoms with E-state index in [0.29, 0.717) is 5.56 Å². The van der Waals surface area contributed by atoms with E-state index >= 15 is 0 Å². The van der Waals surface area contributed by atoms with E-state index in [1.165, 1.54) is 6.07 Å². The predicted octanol–water partition coefficient (Wildman–Crippen LogP) is 5.56. The third-order valence-electron chi connectivity index (χ3n) is 2.85. The van der Waals surface area contributed by atoms with Crippen LogP contribution >= 0.6 is 47.8 Å². The van der Waals surface area contributed by atoms with E-state index in [1.807, 2.05) is 19.1 Å². The Balaban J connectivity index is 2.30. The molecule has 2 aromatic rings. The maximum atomic E-state index is 9.89. The first-order valence-corrected chi connectivity index (χ1v) is 8.19. The molecule has 6 heteroatoms. The van der Waals surface area contributed by atoms with Gasteiger partial charge in [0.05, 0.1) is 11.7 Å². The van der Waals surface area contributed by atoms with Gasteiger partial charge in [-0.2, -0.15) is 0 Å². The number of hydrogen-bond donors (Lipinski definition) is 3. The van der Waals surface area contributed by atoms with E-state index in [4.69, 9.17) is 0 Å². The van der Waals surface area contributed by atoms with Crippen molar-refractivity contribution >= 4 is 53.5 Å². The van der Waals surface area contributed by atoms with Gasteiger partial charge in [0, 0.05) is 25.0 Å². The van der Waals surface area contributed by atoms with Crippen molar-refractivity contribution in [3.8, 4) is 11.5 Å². The first-order valence-electron chi connectivity index (χ1n) is 5.81. The van der Waals surface area contributed by atoms with Crippen molar-refractivity contribution in [3.63, 3.8) is 0 Å². The highest BCUT2D eigenvalue weighted by Gasteiger charge is 2.14. The van der Waals surface area contributed by atoms with E-state index in [-0.39, 0.29) is 17.5 Å². The fourth-order valence-electron chi connectivity index (χ4n) is 1.87. The van der Waals surface area contributed by atoms with Crippen LogP contribution in [-0.2, 0) is 0 Å². The van der Waals surface area contributed by atoms with Crippen LogP contribution < -0.4 is 5.32 Å². The van der Waals surface area contributed by atoms with Gasteiger partial charge in [-0.1, -0.05) is 15.9 Å². The van der Waals surface area contributed by atoms with Crippen molar-refractivity contribution in [1.29, 1.82) is 0 Å². The third-order valence-corrected chi connectivity index (χ3v) is 4.56. The molecule has 0 aromatic heterocycles. The fourth-order valence-corrected chi connectivity index (χ4v) is 4.36. The molecule has 0 aliphatic heterocycles. The third kappa shape index (κ3) is 3.48. The summed E-state index contributed by atoms with van der Waals surface area (Å²) >= 11 is 10.4. The highest BCUT2D eigenvalue weighted by atomic mass is 79.9. The van der Waals surface area contributed by atoms with Crippen LogP contribution in [-0.4, -0.2) is 10.2 Å². The van der Waals surface area contributed by atoms with Crippen LogP contribution in [0.5, 0.6) is 11.5 Å². The molecule has 20 heavy (non-hydrogen) atoms. The summed E-state index contributed by atoms with van der Waals surface area (Å²) in [5.41, 5.74) is 1.61. The number of hydrogen-bond acceptors (Lipinski definition) is 3. The standard InChI is InChI=1S/C14H12Br3NO2/c1-7(10-3-2-9(19)6-13(10)20)18-14-11(16)4-8(15)5-12(14)17/h2-7,18-20H,1H3. The molecule has 0 bridgehead atoms. The Morgan fingerprint density at radius 2 is 1.60 bits per heavy atom. The van der Waals surface area contributed by atoms with Gasteiger partial charge in [0.1, 0.15) is 11.5 Å². The molecule has 0 aliphatic carbocycles. The van der Waals surface area contributed by atoms with Crippen molar-refractivity contribution in [2.24, 2.45) is 0 Å². The minimum absolute atomic E-state index is 0.0458. The lowest BCUT2D eigenvalue weighted by Crippen LogP contribution is -2.08. The van der Waals surface area contributed by atoms with E-state index in [2.05, 4.69) is 53.1 Å². The van der Waals surface area contributed by atoms with Crippen LogP contribution in [0.25, 0.3) is 0 Å². The number of phenolic OH excluding ortho intramolecular Hbond substituents is 2. The van der Waals surface area contributed by atoms with Crippen LogP contribution in [0, 0.1) is 0 Å². The minimum atomic E-state index is -0.121. The lowest BCUT2D eigenvalue weighted by atomic mass is 10.1. The second kappa shape index (κ2) is 6.37. The number of anilines is 1. The van der Waals surface area contributed by atoms with Crippen molar-refractivity contribution in [1.82, 2.24) is 0 Å². The molecule has 0 saturated carbocycles. The molecule has 0 fully saturated rings. The molecule has 3 nitrogen and oxygen atoms in total. The quantitative estimate of drug-likeness (QED) is 0.556. The summed E-state index contributed by atoms with van der Waals surface area (Å²) in [6.45, 7) is 1.94. The van der Waals surface area contributed by atoms with Gasteiger partial charge in [0.25, 0.3) is 0 Å². The zero-order chi connectivity index (χ0) is 14.9. The molecule has 0 saturated heterocycles. The Morgan fingerprint density at radius 1 is 1.00 bits per heavy atom. The van der Waals surface area contributed by atoms with Crippen LogP contribution in [0.3, 0.4) is 0 Å². The maximum Gasteiger partial charge on any atom is 0.124 e. The summed E-state index contributed by atoms with van der Waals surface area (Å²) in [5.74, 6) is 0.110. The normalized spacial score (nSPS) is 12.2. The van der Waals surface area contributed by atoms with Gasteiger partial charge in [-0.3, -0.25) is 0 Å². The molecule has 0 spiro atoms. The number of aromatic hydroxyl groups is 2. The van der Waals surface area contributed by atoms with Gasteiger partial charge >= 0.3 is 0 Å². The molecular weight excluding hydrogens is 454 g/mol. The zero-order valence-corrected chi connectivity index (χ0v) is 15.3. The molecule has 0 amide bonds. The highest BCUT2D eigenvalue weighted by molar-refractivity contribution is 9.11. The Kier molecular flexibility index (Phi) is 4.99. The molecule has 0 heterocycles. The zero-order valence-electron chi connectivity index (χ0n) is 10.5. The van der Waals surface area contributed by atoms with Crippen molar-refractivity contribution in [2.45, 2.75) is 13.0 Å². The van der Waals surface area contributed by atoms with E-state index in [9.17, 15) is 10.2 Å². The van der Waals surface area contributed by atoms with Gasteiger partial charge in [-0.15, -0.1) is 0 Å². The SMILES string of the molecule is CC(Nc1c(Br)cc(Br)cc1Br)c1ccc(O)cc1O. The summed E-state index contributed by atoms with van der Waals surface area (Å²) < 4.78 is 2.77. The monoisotopic (exact) mass is 463 g/mol. The number of benzene rings is 2. The summed E-state index contributed by atoms with van der Waals surface area (Å²) in [7, 11) is 0. The first kappa shape index (κ1) is 15.7. The van der Waals surface area contributed by atoms with Crippen molar-refractivity contribution in [2.75, 3.05) is 5.32 Å². The van der Waals surface area contributed by atoms with E-state index in [0.717, 1.165) is 19.1 Å². The molecule has 1 atom stereocenters. The van der Waals surface area contributed by atoms with Crippen LogP contribution in [0.4, 0.5) is 5.69 Å². The van der Waals surface area contributed by atoms with Gasteiger partial charge in [-0.25, -0.2) is 0 Å². The van der Waals surface area contributed by atoms with Crippen LogP contribution in [0.1, 0.15) is 18.5 Å². The molecule has 106 valence electrons. The predicted molar refractivity (Wildman–Crippen MR) is 91.4 cm³/mol. The second-order valence-electron chi connectivity index (χ2n) is 4.35. The largest absolute Gasteiger partial charge is 0.508 e. The van der Waals surface area contributed by atoms with Crippen molar-refractivity contribution < 1.29 is 10.2 Å². The Bertz CT molecular complexity index is 623. The first-order chi connectivity index (χ1) is 9.38. The molecule has 1 unspecified atom stereocenters. The summed E-state index contributed by atoms with van der Waals surface area (Å²) in [6, 6.07) is 8.35. The Morgan fingerprint density at radius 3 is 2.15 bits per heavy atom. The van der Waals surface area contributed by atoms with Gasteiger partial charge < -0.3 is 15.5 Å². The summed E-state index contributed by atoms with van der Waals surface area (Å²) in [6.07, 6.45) is 0. The van der Waals surface area contributed by atoms with Crippen molar-refractivity contribution in [3.05, 3.63) is 49.3 Å². The average molecular weight is 466 g/mol. The number of halogens is 3. The minimum Gasteiger partial charge on any atom is -0.508 e. The molecule has 0 radical (unpaired) electrons. The Hall–Kier alpha value is -0.720. The number of phenols is 2. The van der Waals surface area contributed by atoms with Gasteiger partial charge in [0.2, 0.25) is 0 Å². The second-order valence-corrected chi connectivity index (χ2v) is 6.98. The molecule has 0 aliphatic rings. The lowest BCUT2D eigenvalue weighted by Gasteiger charge is -2.19. The van der Waals surface area contributed by atoms with Gasteiger partial charge in [0.15, 0.2) is 0 Å². The van der Waals surface area contributed by atoms with E-state index < -0.39 is 0 Å².